The van der Waals surface area contributed by atoms with E-state index in [0.29, 0.717) is 12.2 Å². The van der Waals surface area contributed by atoms with Gasteiger partial charge in [0.1, 0.15) is 12.4 Å². The van der Waals surface area contributed by atoms with Gasteiger partial charge in [0.05, 0.1) is 20.5 Å². The largest absolute Gasteiger partial charge is 0.490 e. The lowest BCUT2D eigenvalue weighted by Crippen LogP contribution is -2.17. The molecule has 120 valence electrons. The highest BCUT2D eigenvalue weighted by Crippen LogP contribution is 2.34. The molecule has 0 spiro atoms. The van der Waals surface area contributed by atoms with Gasteiger partial charge in [0.2, 0.25) is 0 Å². The van der Waals surface area contributed by atoms with E-state index in [-0.39, 0.29) is 18.1 Å². The Balaban J connectivity index is 2.67. The van der Waals surface area contributed by atoms with Crippen LogP contribution in [0.15, 0.2) is 21.1 Å². The maximum atomic E-state index is 11.7. The lowest BCUT2D eigenvalue weighted by molar-refractivity contribution is 0.336. The van der Waals surface area contributed by atoms with Crippen LogP contribution in [0.3, 0.4) is 0 Å². The fourth-order valence-corrected chi connectivity index (χ4v) is 4.48. The Morgan fingerprint density at radius 3 is 2.29 bits per heavy atom. The molecule has 0 saturated heterocycles. The first kappa shape index (κ1) is 18.9. The summed E-state index contributed by atoms with van der Waals surface area (Å²) in [5.41, 5.74) is 1.13. The molecule has 0 heterocycles. The summed E-state index contributed by atoms with van der Waals surface area (Å²) in [4.78, 5) is 0. The van der Waals surface area contributed by atoms with Gasteiger partial charge in [-0.15, -0.1) is 0 Å². The van der Waals surface area contributed by atoms with Gasteiger partial charge in [0, 0.05) is 6.54 Å². The molecule has 0 saturated carbocycles. The highest BCUT2D eigenvalue weighted by atomic mass is 79.9. The molecule has 1 rings (SSSR count). The highest BCUT2D eigenvalue weighted by Gasteiger charge is 2.13. The first-order valence-corrected chi connectivity index (χ1v) is 10.3. The number of benzene rings is 1. The van der Waals surface area contributed by atoms with Crippen LogP contribution in [0.2, 0.25) is 0 Å². The number of hydrogen-bond donors (Lipinski definition) is 1. The molecular formula is C14H21Br2NO3S. The quantitative estimate of drug-likeness (QED) is 0.635. The Hall–Kier alpha value is -0.110. The molecule has 1 N–H and O–H groups in total. The van der Waals surface area contributed by atoms with Crippen LogP contribution < -0.4 is 10.1 Å². The Kier molecular flexibility index (Phi) is 8.23. The molecule has 0 bridgehead atoms. The molecule has 0 aliphatic heterocycles. The summed E-state index contributed by atoms with van der Waals surface area (Å²) in [7, 11) is -3.01. The van der Waals surface area contributed by atoms with E-state index >= 15 is 0 Å². The van der Waals surface area contributed by atoms with Gasteiger partial charge in [-0.05, 0) is 62.5 Å². The first-order chi connectivity index (χ1) is 9.89. The van der Waals surface area contributed by atoms with Crippen molar-refractivity contribution in [3.8, 4) is 5.75 Å². The fraction of sp³-hybridized carbons (Fsp3) is 0.571. The average molecular weight is 443 g/mol. The van der Waals surface area contributed by atoms with E-state index in [1.165, 1.54) is 0 Å². The summed E-state index contributed by atoms with van der Waals surface area (Å²) in [6, 6.07) is 3.95. The van der Waals surface area contributed by atoms with Crippen LogP contribution in [0.5, 0.6) is 5.75 Å². The molecule has 0 aliphatic rings. The number of halogens is 2. The highest BCUT2D eigenvalue weighted by molar-refractivity contribution is 9.11. The zero-order valence-electron chi connectivity index (χ0n) is 12.3. The normalized spacial score (nSPS) is 11.6. The van der Waals surface area contributed by atoms with Crippen molar-refractivity contribution in [2.75, 3.05) is 24.7 Å². The minimum atomic E-state index is -3.01. The van der Waals surface area contributed by atoms with E-state index < -0.39 is 9.84 Å². The predicted molar refractivity (Wildman–Crippen MR) is 93.7 cm³/mol. The molecule has 0 amide bonds. The summed E-state index contributed by atoms with van der Waals surface area (Å²) in [5, 5.41) is 3.25. The van der Waals surface area contributed by atoms with Gasteiger partial charge in [-0.3, -0.25) is 0 Å². The van der Waals surface area contributed by atoms with Gasteiger partial charge >= 0.3 is 0 Å². The minimum Gasteiger partial charge on any atom is -0.490 e. The molecular weight excluding hydrogens is 422 g/mol. The van der Waals surface area contributed by atoms with Crippen LogP contribution >= 0.6 is 31.9 Å². The third kappa shape index (κ3) is 6.67. The van der Waals surface area contributed by atoms with Gasteiger partial charge < -0.3 is 10.1 Å². The van der Waals surface area contributed by atoms with Crippen molar-refractivity contribution >= 4 is 41.7 Å². The van der Waals surface area contributed by atoms with Crippen molar-refractivity contribution < 1.29 is 13.2 Å². The molecule has 1 aromatic rings. The Morgan fingerprint density at radius 2 is 1.76 bits per heavy atom. The predicted octanol–water partition coefficient (Wildman–Crippen LogP) is 3.52. The third-order valence-electron chi connectivity index (χ3n) is 2.79. The van der Waals surface area contributed by atoms with E-state index in [9.17, 15) is 8.42 Å². The van der Waals surface area contributed by atoms with Crippen LogP contribution in [0.4, 0.5) is 0 Å². The minimum absolute atomic E-state index is 0.0405. The SMILES string of the molecule is CCCS(=O)(=O)CCOc1c(Br)cc(CNCC)cc1Br. The van der Waals surface area contributed by atoms with Crippen LogP contribution in [0, 0.1) is 0 Å². The first-order valence-electron chi connectivity index (χ1n) is 6.91. The van der Waals surface area contributed by atoms with Crippen LogP contribution in [-0.2, 0) is 16.4 Å². The molecule has 0 aliphatic carbocycles. The van der Waals surface area contributed by atoms with Crippen LogP contribution in [-0.4, -0.2) is 33.1 Å². The van der Waals surface area contributed by atoms with E-state index in [4.69, 9.17) is 4.74 Å². The summed E-state index contributed by atoms with van der Waals surface area (Å²) in [6.45, 7) is 5.75. The lowest BCUT2D eigenvalue weighted by Gasteiger charge is -2.12. The second-order valence-corrected chi connectivity index (χ2v) is 8.68. The zero-order chi connectivity index (χ0) is 15.9. The lowest BCUT2D eigenvalue weighted by atomic mass is 10.2. The molecule has 1 aromatic carbocycles. The molecule has 0 aromatic heterocycles. The van der Waals surface area contributed by atoms with Crippen molar-refractivity contribution in [3.63, 3.8) is 0 Å². The molecule has 7 heteroatoms. The molecule has 0 radical (unpaired) electrons. The summed E-state index contributed by atoms with van der Waals surface area (Å²) < 4.78 is 30.6. The number of ether oxygens (including phenoxy) is 1. The van der Waals surface area contributed by atoms with Crippen molar-refractivity contribution in [3.05, 3.63) is 26.6 Å². The second kappa shape index (κ2) is 9.12. The molecule has 4 nitrogen and oxygen atoms in total. The summed E-state index contributed by atoms with van der Waals surface area (Å²) in [6.07, 6.45) is 0.634. The summed E-state index contributed by atoms with van der Waals surface area (Å²) in [5.74, 6) is 0.890. The monoisotopic (exact) mass is 441 g/mol. The van der Waals surface area contributed by atoms with Gasteiger partial charge in [0.25, 0.3) is 0 Å². The van der Waals surface area contributed by atoms with E-state index in [0.717, 1.165) is 27.6 Å². The fourth-order valence-electron chi connectivity index (χ4n) is 1.81. The molecule has 0 atom stereocenters. The van der Waals surface area contributed by atoms with Crippen molar-refractivity contribution in [2.24, 2.45) is 0 Å². The topological polar surface area (TPSA) is 55.4 Å². The van der Waals surface area contributed by atoms with Gasteiger partial charge in [0.15, 0.2) is 9.84 Å². The number of hydrogen-bond acceptors (Lipinski definition) is 4. The maximum Gasteiger partial charge on any atom is 0.153 e. The van der Waals surface area contributed by atoms with Gasteiger partial charge in [-0.2, -0.15) is 0 Å². The average Bonchev–Trinajstić information content (AvgIpc) is 2.39. The molecule has 21 heavy (non-hydrogen) atoms. The van der Waals surface area contributed by atoms with Gasteiger partial charge in [-0.1, -0.05) is 13.8 Å². The summed E-state index contributed by atoms with van der Waals surface area (Å²) >= 11 is 6.94. The van der Waals surface area contributed by atoms with E-state index in [1.807, 2.05) is 19.1 Å². The Labute approximate surface area is 143 Å². The standard InChI is InChI=1S/C14H21Br2NO3S/c1-3-6-21(18,19)7-5-20-14-12(15)8-11(9-13(14)16)10-17-4-2/h8-9,17H,3-7,10H2,1-2H3. The van der Waals surface area contributed by atoms with Crippen molar-refractivity contribution in [1.29, 1.82) is 0 Å². The number of rotatable bonds is 9. The molecule has 0 fully saturated rings. The van der Waals surface area contributed by atoms with Crippen LogP contribution in [0.25, 0.3) is 0 Å². The zero-order valence-corrected chi connectivity index (χ0v) is 16.3. The smallest absolute Gasteiger partial charge is 0.153 e. The van der Waals surface area contributed by atoms with E-state index in [1.54, 1.807) is 0 Å². The van der Waals surface area contributed by atoms with Crippen molar-refractivity contribution in [1.82, 2.24) is 5.32 Å². The van der Waals surface area contributed by atoms with Crippen molar-refractivity contribution in [2.45, 2.75) is 26.8 Å². The number of nitrogens with one attached hydrogen (secondary N) is 1. The second-order valence-electron chi connectivity index (χ2n) is 4.67. The Morgan fingerprint density at radius 1 is 1.14 bits per heavy atom. The number of sulfone groups is 1. The van der Waals surface area contributed by atoms with Gasteiger partial charge in [-0.25, -0.2) is 8.42 Å². The third-order valence-corrected chi connectivity index (χ3v) is 5.79. The molecule has 0 unspecified atom stereocenters. The Bertz CT molecular complexity index is 538. The maximum absolute atomic E-state index is 11.7. The van der Waals surface area contributed by atoms with Crippen LogP contribution in [0.1, 0.15) is 25.8 Å². The van der Waals surface area contributed by atoms with E-state index in [2.05, 4.69) is 44.1 Å².